The molecule has 1 rings (SSSR count). The lowest BCUT2D eigenvalue weighted by molar-refractivity contribution is -0.0928. The summed E-state index contributed by atoms with van der Waals surface area (Å²) < 4.78 is 42.0. The first-order valence-electron chi connectivity index (χ1n) is 5.55. The largest absolute Gasteiger partial charge is 0.497 e. The van der Waals surface area contributed by atoms with E-state index in [1.165, 1.54) is 7.11 Å². The fourth-order valence-corrected chi connectivity index (χ4v) is 1.32. The van der Waals surface area contributed by atoms with Gasteiger partial charge >= 0.3 is 13.7 Å². The van der Waals surface area contributed by atoms with Crippen molar-refractivity contribution in [3.05, 3.63) is 41.0 Å². The second kappa shape index (κ2) is 7.00. The van der Waals surface area contributed by atoms with E-state index < -0.39 is 17.3 Å². The molecule has 0 aliphatic heterocycles. The second-order valence-electron chi connectivity index (χ2n) is 3.81. The van der Waals surface area contributed by atoms with Crippen LogP contribution in [-0.2, 0) is 6.54 Å². The molecule has 0 atom stereocenters. The normalized spacial score (nSPS) is 13.2. The Hall–Kier alpha value is -1.96. The molecule has 0 heterocycles. The van der Waals surface area contributed by atoms with Crippen molar-refractivity contribution in [3.8, 4) is 5.75 Å². The van der Waals surface area contributed by atoms with Crippen molar-refractivity contribution < 1.29 is 22.9 Å². The molecule has 0 fully saturated rings. The van der Waals surface area contributed by atoms with Gasteiger partial charge in [-0.05, 0) is 23.2 Å². The van der Waals surface area contributed by atoms with Crippen molar-refractivity contribution in [3.63, 3.8) is 0 Å². The molecule has 0 saturated heterocycles. The van der Waals surface area contributed by atoms with Gasteiger partial charge in [0.25, 0.3) is 0 Å². The number of benzene rings is 1. The first kappa shape index (κ1) is 16.1. The van der Waals surface area contributed by atoms with Crippen molar-refractivity contribution >= 4 is 13.7 Å². The SMILES string of the molecule is COc1ccc(CN=CC([B]O)=C(N)C(F)(F)F)cc1. The third kappa shape index (κ3) is 4.62. The minimum absolute atomic E-state index is 0.159. The average Bonchev–Trinajstić information content (AvgIpc) is 2.42. The zero-order chi connectivity index (χ0) is 15.2. The van der Waals surface area contributed by atoms with Crippen LogP contribution in [0.2, 0.25) is 0 Å². The van der Waals surface area contributed by atoms with Crippen LogP contribution in [0.3, 0.4) is 0 Å². The van der Waals surface area contributed by atoms with E-state index in [1.807, 2.05) is 0 Å². The Morgan fingerprint density at radius 2 is 2.00 bits per heavy atom. The summed E-state index contributed by atoms with van der Waals surface area (Å²) in [6, 6.07) is 6.89. The Morgan fingerprint density at radius 1 is 1.40 bits per heavy atom. The number of aliphatic imine (C=N–C) groups is 1. The van der Waals surface area contributed by atoms with E-state index in [-0.39, 0.29) is 14.0 Å². The molecule has 0 unspecified atom stereocenters. The van der Waals surface area contributed by atoms with Gasteiger partial charge in [-0.2, -0.15) is 13.2 Å². The first-order valence-corrected chi connectivity index (χ1v) is 5.55. The molecule has 4 nitrogen and oxygen atoms in total. The summed E-state index contributed by atoms with van der Waals surface area (Å²) >= 11 is 0. The summed E-state index contributed by atoms with van der Waals surface area (Å²) in [5, 5.41) is 8.75. The smallest absolute Gasteiger partial charge is 0.430 e. The van der Waals surface area contributed by atoms with Gasteiger partial charge in [-0.15, -0.1) is 0 Å². The molecular formula is C12H13BF3N2O2. The topological polar surface area (TPSA) is 67.8 Å². The maximum Gasteiger partial charge on any atom is 0.430 e. The highest BCUT2D eigenvalue weighted by molar-refractivity contribution is 6.45. The number of nitrogens with zero attached hydrogens (tertiary/aromatic N) is 1. The average molecular weight is 285 g/mol. The minimum Gasteiger partial charge on any atom is -0.497 e. The summed E-state index contributed by atoms with van der Waals surface area (Å²) in [6.07, 6.45) is -3.83. The van der Waals surface area contributed by atoms with E-state index >= 15 is 0 Å². The third-order valence-electron chi connectivity index (χ3n) is 2.42. The molecule has 0 aliphatic rings. The lowest BCUT2D eigenvalue weighted by Gasteiger charge is -2.08. The number of methoxy groups -OCH3 is 1. The minimum atomic E-state index is -4.71. The number of hydrogen-bond acceptors (Lipinski definition) is 4. The van der Waals surface area contributed by atoms with Gasteiger partial charge in [-0.3, -0.25) is 4.99 Å². The highest BCUT2D eigenvalue weighted by Crippen LogP contribution is 2.23. The molecule has 0 spiro atoms. The molecular weight excluding hydrogens is 272 g/mol. The number of nitrogens with two attached hydrogens (primary N) is 1. The number of allylic oxidation sites excluding steroid dienone is 2. The van der Waals surface area contributed by atoms with Crippen molar-refractivity contribution in [1.82, 2.24) is 0 Å². The summed E-state index contributed by atoms with van der Waals surface area (Å²) in [6.45, 7) is 0.159. The van der Waals surface area contributed by atoms with Crippen molar-refractivity contribution in [1.29, 1.82) is 0 Å². The molecule has 0 aliphatic carbocycles. The van der Waals surface area contributed by atoms with Gasteiger partial charge < -0.3 is 15.5 Å². The van der Waals surface area contributed by atoms with E-state index in [4.69, 9.17) is 15.5 Å². The quantitative estimate of drug-likeness (QED) is 0.638. The maximum atomic E-state index is 12.3. The van der Waals surface area contributed by atoms with Crippen LogP contribution >= 0.6 is 0 Å². The molecule has 0 saturated carbocycles. The van der Waals surface area contributed by atoms with E-state index in [1.54, 1.807) is 24.3 Å². The Balaban J connectivity index is 2.75. The summed E-state index contributed by atoms with van der Waals surface area (Å²) in [5.74, 6) is 0.670. The summed E-state index contributed by atoms with van der Waals surface area (Å²) in [7, 11) is 1.81. The molecule has 1 radical (unpaired) electrons. The van der Waals surface area contributed by atoms with E-state index in [9.17, 15) is 13.2 Å². The van der Waals surface area contributed by atoms with E-state index in [0.29, 0.717) is 5.75 Å². The van der Waals surface area contributed by atoms with Gasteiger partial charge in [-0.25, -0.2) is 0 Å². The molecule has 1 aromatic rings. The zero-order valence-electron chi connectivity index (χ0n) is 10.7. The Labute approximate surface area is 115 Å². The lowest BCUT2D eigenvalue weighted by Crippen LogP contribution is -2.24. The fraction of sp³-hybridized carbons (Fsp3) is 0.250. The fourth-order valence-electron chi connectivity index (χ4n) is 1.32. The molecule has 1 aromatic carbocycles. The van der Waals surface area contributed by atoms with Crippen LogP contribution in [0.4, 0.5) is 13.2 Å². The highest BCUT2D eigenvalue weighted by atomic mass is 19.4. The van der Waals surface area contributed by atoms with E-state index in [2.05, 4.69) is 4.99 Å². The van der Waals surface area contributed by atoms with Gasteiger partial charge in [0.1, 0.15) is 11.4 Å². The van der Waals surface area contributed by atoms with Crippen LogP contribution in [0.25, 0.3) is 0 Å². The molecule has 0 bridgehead atoms. The Bertz CT molecular complexity index is 498. The van der Waals surface area contributed by atoms with Gasteiger partial charge in [0, 0.05) is 6.21 Å². The third-order valence-corrected chi connectivity index (χ3v) is 2.42. The van der Waals surface area contributed by atoms with Crippen molar-refractivity contribution in [2.24, 2.45) is 10.7 Å². The van der Waals surface area contributed by atoms with Crippen LogP contribution in [-0.4, -0.2) is 32.0 Å². The van der Waals surface area contributed by atoms with E-state index in [0.717, 1.165) is 11.8 Å². The zero-order valence-corrected chi connectivity index (χ0v) is 10.7. The number of ether oxygens (including phenoxy) is 1. The Morgan fingerprint density at radius 3 is 2.45 bits per heavy atom. The predicted molar refractivity (Wildman–Crippen MR) is 70.4 cm³/mol. The van der Waals surface area contributed by atoms with Crippen molar-refractivity contribution in [2.45, 2.75) is 12.7 Å². The molecule has 3 N–H and O–H groups in total. The van der Waals surface area contributed by atoms with Crippen LogP contribution in [0.5, 0.6) is 5.75 Å². The monoisotopic (exact) mass is 285 g/mol. The maximum absolute atomic E-state index is 12.3. The molecule has 20 heavy (non-hydrogen) atoms. The first-order chi connectivity index (χ1) is 9.38. The van der Waals surface area contributed by atoms with Crippen LogP contribution < -0.4 is 10.5 Å². The molecule has 0 amide bonds. The summed E-state index contributed by atoms with van der Waals surface area (Å²) in [5.41, 5.74) is 3.69. The highest BCUT2D eigenvalue weighted by Gasteiger charge is 2.33. The predicted octanol–water partition coefficient (Wildman–Crippen LogP) is 1.61. The van der Waals surface area contributed by atoms with Crippen LogP contribution in [0.1, 0.15) is 5.56 Å². The van der Waals surface area contributed by atoms with Crippen LogP contribution in [0.15, 0.2) is 40.4 Å². The number of hydrogen-bond donors (Lipinski definition) is 2. The molecule has 8 heteroatoms. The number of alkyl halides is 3. The number of halogens is 3. The van der Waals surface area contributed by atoms with Gasteiger partial charge in [0.05, 0.1) is 13.7 Å². The standard InChI is InChI=1S/C12H13BF3N2O2/c1-20-9-4-2-8(3-5-9)6-18-7-10(13-19)11(17)12(14,15)16/h2-5,7,19H,6,17H2,1H3. The Kier molecular flexibility index (Phi) is 5.63. The van der Waals surface area contributed by atoms with Crippen molar-refractivity contribution in [2.75, 3.05) is 7.11 Å². The lowest BCUT2D eigenvalue weighted by atomic mass is 9.87. The summed E-state index contributed by atoms with van der Waals surface area (Å²) in [4.78, 5) is 3.81. The number of rotatable bonds is 5. The van der Waals surface area contributed by atoms with Gasteiger partial charge in [0.2, 0.25) is 0 Å². The molecule has 107 valence electrons. The second-order valence-corrected chi connectivity index (χ2v) is 3.81. The van der Waals surface area contributed by atoms with Gasteiger partial charge in [0.15, 0.2) is 0 Å². The molecule has 0 aromatic heterocycles. The van der Waals surface area contributed by atoms with Crippen LogP contribution in [0, 0.1) is 0 Å². The van der Waals surface area contributed by atoms with Gasteiger partial charge in [-0.1, -0.05) is 12.1 Å².